The lowest BCUT2D eigenvalue weighted by atomic mass is 9.72. The summed E-state index contributed by atoms with van der Waals surface area (Å²) >= 11 is 0. The number of hydrogen-bond acceptors (Lipinski definition) is 3. The molecule has 0 bridgehead atoms. The summed E-state index contributed by atoms with van der Waals surface area (Å²) in [6, 6.07) is 5.58. The van der Waals surface area contributed by atoms with Crippen molar-refractivity contribution in [2.45, 2.75) is 40.0 Å². The second-order valence-electron chi connectivity index (χ2n) is 7.11. The van der Waals surface area contributed by atoms with Crippen molar-refractivity contribution in [3.8, 4) is 11.5 Å². The Morgan fingerprint density at radius 3 is 2.40 bits per heavy atom. The fourth-order valence-corrected chi connectivity index (χ4v) is 3.37. The van der Waals surface area contributed by atoms with Gasteiger partial charge < -0.3 is 9.47 Å². The molecular formula is C22H28O3. The minimum atomic E-state index is -0.0172. The van der Waals surface area contributed by atoms with Crippen molar-refractivity contribution < 1.29 is 14.3 Å². The first kappa shape index (κ1) is 19.0. The van der Waals surface area contributed by atoms with Crippen molar-refractivity contribution in [2.75, 3.05) is 14.2 Å². The summed E-state index contributed by atoms with van der Waals surface area (Å²) in [5.41, 5.74) is 3.73. The molecule has 1 aliphatic rings. The van der Waals surface area contributed by atoms with Crippen LogP contribution in [0.1, 0.15) is 45.6 Å². The van der Waals surface area contributed by atoms with Crippen molar-refractivity contribution in [3.05, 3.63) is 53.1 Å². The van der Waals surface area contributed by atoms with E-state index in [1.807, 2.05) is 24.3 Å². The van der Waals surface area contributed by atoms with E-state index in [0.29, 0.717) is 11.5 Å². The molecule has 0 fully saturated rings. The van der Waals surface area contributed by atoms with Crippen LogP contribution < -0.4 is 9.47 Å². The summed E-state index contributed by atoms with van der Waals surface area (Å²) in [7, 11) is 3.20. The first-order valence-corrected chi connectivity index (χ1v) is 8.70. The number of allylic oxidation sites excluding steroid dienone is 5. The third-order valence-corrected chi connectivity index (χ3v) is 4.80. The van der Waals surface area contributed by atoms with Crippen molar-refractivity contribution >= 4 is 11.9 Å². The Labute approximate surface area is 151 Å². The molecule has 3 nitrogen and oxygen atoms in total. The molecule has 0 saturated heterocycles. The molecule has 0 atom stereocenters. The molecule has 0 amide bonds. The lowest BCUT2D eigenvalue weighted by Crippen LogP contribution is -2.19. The molecule has 0 radical (unpaired) electrons. The van der Waals surface area contributed by atoms with E-state index >= 15 is 0 Å². The highest BCUT2D eigenvalue weighted by Crippen LogP contribution is 2.40. The van der Waals surface area contributed by atoms with E-state index in [2.05, 4.69) is 20.8 Å². The van der Waals surface area contributed by atoms with E-state index in [9.17, 15) is 4.79 Å². The predicted molar refractivity (Wildman–Crippen MR) is 103 cm³/mol. The van der Waals surface area contributed by atoms with Crippen LogP contribution in [-0.2, 0) is 4.79 Å². The maximum atomic E-state index is 12.2. The normalized spacial score (nSPS) is 17.3. The number of benzene rings is 1. The highest BCUT2D eigenvalue weighted by molar-refractivity contribution is 6.02. The molecule has 2 rings (SSSR count). The maximum absolute atomic E-state index is 12.2. The molecule has 25 heavy (non-hydrogen) atoms. The Kier molecular flexibility index (Phi) is 6.24. The highest BCUT2D eigenvalue weighted by Gasteiger charge is 2.26. The smallest absolute Gasteiger partial charge is 0.178 e. The second-order valence-corrected chi connectivity index (χ2v) is 7.11. The van der Waals surface area contributed by atoms with Crippen molar-refractivity contribution in [1.82, 2.24) is 0 Å². The Hall–Kier alpha value is -2.29. The molecule has 0 N–H and O–H groups in total. The molecule has 0 saturated carbocycles. The molecule has 1 aromatic rings. The van der Waals surface area contributed by atoms with Gasteiger partial charge in [0.25, 0.3) is 0 Å². The van der Waals surface area contributed by atoms with Crippen LogP contribution in [0.15, 0.2) is 47.6 Å². The van der Waals surface area contributed by atoms with Gasteiger partial charge in [-0.1, -0.05) is 37.6 Å². The van der Waals surface area contributed by atoms with Gasteiger partial charge in [0.05, 0.1) is 14.2 Å². The van der Waals surface area contributed by atoms with Crippen molar-refractivity contribution in [1.29, 1.82) is 0 Å². The molecule has 0 aromatic heterocycles. The van der Waals surface area contributed by atoms with Gasteiger partial charge in [0.2, 0.25) is 0 Å². The number of methoxy groups -OCH3 is 2. The molecule has 134 valence electrons. The summed E-state index contributed by atoms with van der Waals surface area (Å²) < 4.78 is 10.5. The number of ketones is 1. The molecule has 0 unspecified atom stereocenters. The van der Waals surface area contributed by atoms with Gasteiger partial charge in [-0.2, -0.15) is 0 Å². The molecule has 3 heteroatoms. The second kappa shape index (κ2) is 8.19. The summed E-state index contributed by atoms with van der Waals surface area (Å²) in [5, 5.41) is 0. The number of ether oxygens (including phenoxy) is 2. The lowest BCUT2D eigenvalue weighted by molar-refractivity contribution is -0.110. The van der Waals surface area contributed by atoms with Gasteiger partial charge >= 0.3 is 0 Å². The molecule has 0 heterocycles. The number of rotatable bonds is 6. The maximum Gasteiger partial charge on any atom is 0.178 e. The van der Waals surface area contributed by atoms with E-state index in [0.717, 1.165) is 12.0 Å². The van der Waals surface area contributed by atoms with E-state index in [1.165, 1.54) is 24.0 Å². The number of carbonyl (C=O) groups excluding carboxylic acids is 1. The Balaban J connectivity index is 2.11. The van der Waals surface area contributed by atoms with Crippen molar-refractivity contribution in [2.24, 2.45) is 5.41 Å². The van der Waals surface area contributed by atoms with Crippen LogP contribution in [0.25, 0.3) is 6.08 Å². The number of carbonyl (C=O) groups is 1. The number of hydrogen-bond donors (Lipinski definition) is 0. The van der Waals surface area contributed by atoms with E-state index in [1.54, 1.807) is 32.4 Å². The molecular weight excluding hydrogens is 312 g/mol. The molecule has 0 aliphatic heterocycles. The Morgan fingerprint density at radius 2 is 1.76 bits per heavy atom. The topological polar surface area (TPSA) is 35.5 Å². The predicted octanol–water partition coefficient (Wildman–Crippen LogP) is 5.37. The standard InChI is InChI=1S/C22H28O3/c1-16-7-6-14-22(2,3)19(16)12-11-18(23)10-8-17-9-13-20(24-4)21(15-17)25-5/h8-13,15H,6-7,14H2,1-5H3/b10-8+,12-11+. The SMILES string of the molecule is COc1ccc(/C=C/C(=O)/C=C/C2=C(C)CCCC2(C)C)cc1OC. The zero-order valence-corrected chi connectivity index (χ0v) is 15.9. The van der Waals surface area contributed by atoms with Crippen LogP contribution in [0.2, 0.25) is 0 Å². The summed E-state index contributed by atoms with van der Waals surface area (Å²) in [6.07, 6.45) is 10.6. The summed E-state index contributed by atoms with van der Waals surface area (Å²) in [5.74, 6) is 1.31. The largest absolute Gasteiger partial charge is 0.493 e. The minimum Gasteiger partial charge on any atom is -0.493 e. The summed E-state index contributed by atoms with van der Waals surface area (Å²) in [4.78, 5) is 12.2. The van der Waals surface area contributed by atoms with Crippen LogP contribution in [0.3, 0.4) is 0 Å². The first-order valence-electron chi connectivity index (χ1n) is 8.70. The molecule has 0 spiro atoms. The Morgan fingerprint density at radius 1 is 1.08 bits per heavy atom. The fourth-order valence-electron chi connectivity index (χ4n) is 3.37. The third kappa shape index (κ3) is 4.85. The fraction of sp³-hybridized carbons (Fsp3) is 0.409. The molecule has 1 aliphatic carbocycles. The van der Waals surface area contributed by atoms with Gasteiger partial charge in [0.1, 0.15) is 0 Å². The minimum absolute atomic E-state index is 0.0172. The van der Waals surface area contributed by atoms with Crippen LogP contribution in [-0.4, -0.2) is 20.0 Å². The van der Waals surface area contributed by atoms with E-state index < -0.39 is 0 Å². The Bertz CT molecular complexity index is 721. The van der Waals surface area contributed by atoms with E-state index in [-0.39, 0.29) is 11.2 Å². The van der Waals surface area contributed by atoms with Gasteiger partial charge in [0, 0.05) is 0 Å². The van der Waals surface area contributed by atoms with Crippen LogP contribution in [0, 0.1) is 5.41 Å². The zero-order valence-electron chi connectivity index (χ0n) is 15.9. The van der Waals surface area contributed by atoms with Crippen LogP contribution >= 0.6 is 0 Å². The van der Waals surface area contributed by atoms with Crippen LogP contribution in [0.4, 0.5) is 0 Å². The first-order chi connectivity index (χ1) is 11.9. The van der Waals surface area contributed by atoms with Crippen LogP contribution in [0.5, 0.6) is 11.5 Å². The van der Waals surface area contributed by atoms with E-state index in [4.69, 9.17) is 9.47 Å². The highest BCUT2D eigenvalue weighted by atomic mass is 16.5. The third-order valence-electron chi connectivity index (χ3n) is 4.80. The van der Waals surface area contributed by atoms with Gasteiger partial charge in [-0.05, 0) is 67.0 Å². The summed E-state index contributed by atoms with van der Waals surface area (Å²) in [6.45, 7) is 6.67. The average Bonchev–Trinajstić information content (AvgIpc) is 2.58. The van der Waals surface area contributed by atoms with Gasteiger partial charge in [-0.3, -0.25) is 4.79 Å². The lowest BCUT2D eigenvalue weighted by Gasteiger charge is -2.32. The zero-order chi connectivity index (χ0) is 18.4. The monoisotopic (exact) mass is 340 g/mol. The molecule has 1 aromatic carbocycles. The quantitative estimate of drug-likeness (QED) is 0.653. The average molecular weight is 340 g/mol. The van der Waals surface area contributed by atoms with Crippen molar-refractivity contribution in [3.63, 3.8) is 0 Å². The van der Waals surface area contributed by atoms with Gasteiger partial charge in [0.15, 0.2) is 17.3 Å². The van der Waals surface area contributed by atoms with Gasteiger partial charge in [-0.25, -0.2) is 0 Å². The van der Waals surface area contributed by atoms with Gasteiger partial charge in [-0.15, -0.1) is 0 Å².